The van der Waals surface area contributed by atoms with E-state index in [9.17, 15) is 4.79 Å². The Morgan fingerprint density at radius 2 is 2.50 bits per heavy atom. The Morgan fingerprint density at radius 3 is 3.30 bits per heavy atom. The lowest BCUT2D eigenvalue weighted by Gasteiger charge is -2.20. The quantitative estimate of drug-likeness (QED) is 0.457. The normalized spacial score (nSPS) is 39.0. The van der Waals surface area contributed by atoms with E-state index in [0.717, 1.165) is 19.5 Å². The van der Waals surface area contributed by atoms with Gasteiger partial charge in [0.1, 0.15) is 6.10 Å². The average Bonchev–Trinajstić information content (AvgIpc) is 2.34. The Kier molecular flexibility index (Phi) is 1.35. The maximum Gasteiger partial charge on any atom is 0.249 e. The topological polar surface area (TPSA) is 50.4 Å². The Hall–Kier alpha value is -0.610. The number of fused-ring (bicyclic) bond motifs is 1. The number of hydroxylamine groups is 1. The molecule has 10 heavy (non-hydrogen) atoms. The van der Waals surface area contributed by atoms with Gasteiger partial charge in [-0.05, 0) is 13.0 Å². The van der Waals surface area contributed by atoms with E-state index in [1.54, 1.807) is 0 Å². The molecule has 2 rings (SSSR count). The fourth-order valence-electron chi connectivity index (χ4n) is 1.46. The summed E-state index contributed by atoms with van der Waals surface area (Å²) in [5.74, 6) is 0.146. The van der Waals surface area contributed by atoms with E-state index in [1.807, 2.05) is 0 Å². The molecule has 2 fully saturated rings. The van der Waals surface area contributed by atoms with E-state index in [0.29, 0.717) is 0 Å². The minimum atomic E-state index is 0.0477. The van der Waals surface area contributed by atoms with Crippen LogP contribution >= 0.6 is 0 Å². The standard InChI is InChI=1S/C6H10N2O2/c9-6-4-1-2-7-3-5(4)10-8-6/h4-5,7H,1-3H2,(H,8,9)/t4-,5+/m1/s1. The van der Waals surface area contributed by atoms with Gasteiger partial charge in [0.25, 0.3) is 0 Å². The largest absolute Gasteiger partial charge is 0.314 e. The van der Waals surface area contributed by atoms with Gasteiger partial charge in [-0.25, -0.2) is 5.48 Å². The van der Waals surface area contributed by atoms with Crippen LogP contribution in [0, 0.1) is 5.92 Å². The van der Waals surface area contributed by atoms with Crippen molar-refractivity contribution in [2.24, 2.45) is 5.92 Å². The first-order chi connectivity index (χ1) is 4.88. The maximum absolute atomic E-state index is 10.9. The van der Waals surface area contributed by atoms with Crippen molar-refractivity contribution in [1.29, 1.82) is 0 Å². The number of hydrogen-bond donors (Lipinski definition) is 2. The second-order valence-corrected chi connectivity index (χ2v) is 2.72. The van der Waals surface area contributed by atoms with Crippen molar-refractivity contribution in [3.63, 3.8) is 0 Å². The van der Waals surface area contributed by atoms with Crippen LogP contribution in [0.25, 0.3) is 0 Å². The number of rotatable bonds is 0. The molecule has 0 bridgehead atoms. The number of nitrogens with one attached hydrogen (secondary N) is 2. The second kappa shape index (κ2) is 2.21. The zero-order valence-electron chi connectivity index (χ0n) is 5.59. The third-order valence-corrected chi connectivity index (χ3v) is 2.07. The van der Waals surface area contributed by atoms with Gasteiger partial charge in [-0.15, -0.1) is 0 Å². The third kappa shape index (κ3) is 0.803. The first kappa shape index (κ1) is 6.12. The van der Waals surface area contributed by atoms with Crippen LogP contribution in [0.1, 0.15) is 6.42 Å². The molecule has 0 aromatic carbocycles. The van der Waals surface area contributed by atoms with Gasteiger partial charge in [0, 0.05) is 6.54 Å². The highest BCUT2D eigenvalue weighted by molar-refractivity contribution is 5.79. The van der Waals surface area contributed by atoms with Crippen LogP contribution in [0.3, 0.4) is 0 Å². The number of piperidine rings is 1. The van der Waals surface area contributed by atoms with Gasteiger partial charge in [-0.2, -0.15) is 0 Å². The predicted molar refractivity (Wildman–Crippen MR) is 34.0 cm³/mol. The van der Waals surface area contributed by atoms with Gasteiger partial charge < -0.3 is 5.32 Å². The molecule has 0 radical (unpaired) electrons. The van der Waals surface area contributed by atoms with E-state index in [-0.39, 0.29) is 17.9 Å². The molecule has 56 valence electrons. The molecule has 0 spiro atoms. The zero-order valence-corrected chi connectivity index (χ0v) is 5.59. The van der Waals surface area contributed by atoms with Crippen LogP contribution in [0.5, 0.6) is 0 Å². The van der Waals surface area contributed by atoms with Crippen LogP contribution in [-0.4, -0.2) is 25.1 Å². The van der Waals surface area contributed by atoms with Crippen LogP contribution < -0.4 is 10.8 Å². The molecule has 2 atom stereocenters. The second-order valence-electron chi connectivity index (χ2n) is 2.72. The lowest BCUT2D eigenvalue weighted by molar-refractivity contribution is -0.126. The molecule has 1 amide bonds. The average molecular weight is 142 g/mol. The fourth-order valence-corrected chi connectivity index (χ4v) is 1.46. The van der Waals surface area contributed by atoms with Crippen molar-refractivity contribution in [3.8, 4) is 0 Å². The first-order valence-electron chi connectivity index (χ1n) is 3.54. The van der Waals surface area contributed by atoms with Gasteiger partial charge >= 0.3 is 0 Å². The van der Waals surface area contributed by atoms with E-state index in [1.165, 1.54) is 0 Å². The van der Waals surface area contributed by atoms with Gasteiger partial charge in [0.15, 0.2) is 0 Å². The first-order valence-corrected chi connectivity index (χ1v) is 3.54. The lowest BCUT2D eigenvalue weighted by Crippen LogP contribution is -2.40. The number of hydrogen-bond acceptors (Lipinski definition) is 3. The fraction of sp³-hybridized carbons (Fsp3) is 0.833. The minimum Gasteiger partial charge on any atom is -0.314 e. The van der Waals surface area contributed by atoms with Crippen molar-refractivity contribution in [2.75, 3.05) is 13.1 Å². The van der Waals surface area contributed by atoms with E-state index >= 15 is 0 Å². The third-order valence-electron chi connectivity index (χ3n) is 2.07. The van der Waals surface area contributed by atoms with Crippen LogP contribution in [0.15, 0.2) is 0 Å². The predicted octanol–water partition coefficient (Wildman–Crippen LogP) is -0.974. The highest BCUT2D eigenvalue weighted by Crippen LogP contribution is 2.19. The van der Waals surface area contributed by atoms with Crippen LogP contribution in [0.4, 0.5) is 0 Å². The summed E-state index contributed by atoms with van der Waals surface area (Å²) in [5, 5.41) is 3.16. The summed E-state index contributed by atoms with van der Waals surface area (Å²) in [6.07, 6.45) is 0.970. The molecule has 0 aromatic rings. The Balaban J connectivity index is 2.08. The molecule has 0 aromatic heterocycles. The molecule has 0 aliphatic carbocycles. The summed E-state index contributed by atoms with van der Waals surface area (Å²) in [6, 6.07) is 0. The molecule has 4 nitrogen and oxygen atoms in total. The Morgan fingerprint density at radius 1 is 1.60 bits per heavy atom. The molecule has 2 aliphatic rings. The molecule has 0 saturated carbocycles. The maximum atomic E-state index is 10.9. The molecule has 2 heterocycles. The summed E-state index contributed by atoms with van der Waals surface area (Å²) in [6.45, 7) is 1.72. The summed E-state index contributed by atoms with van der Waals surface area (Å²) in [4.78, 5) is 16.0. The lowest BCUT2D eigenvalue weighted by atomic mass is 9.96. The monoisotopic (exact) mass is 142 g/mol. The number of amides is 1. The number of carbonyl (C=O) groups is 1. The summed E-state index contributed by atoms with van der Waals surface area (Å²) >= 11 is 0. The van der Waals surface area contributed by atoms with Crippen molar-refractivity contribution in [1.82, 2.24) is 10.8 Å². The smallest absolute Gasteiger partial charge is 0.249 e. The molecule has 2 aliphatic heterocycles. The molecular formula is C6H10N2O2. The SMILES string of the molecule is O=C1NO[C@H]2CNCC[C@@H]12. The van der Waals surface area contributed by atoms with E-state index < -0.39 is 0 Å². The highest BCUT2D eigenvalue weighted by atomic mass is 16.7. The van der Waals surface area contributed by atoms with Gasteiger partial charge in [-0.3, -0.25) is 9.63 Å². The molecule has 2 saturated heterocycles. The van der Waals surface area contributed by atoms with Gasteiger partial charge in [0.05, 0.1) is 5.92 Å². The van der Waals surface area contributed by atoms with Crippen molar-refractivity contribution in [2.45, 2.75) is 12.5 Å². The van der Waals surface area contributed by atoms with Gasteiger partial charge in [-0.1, -0.05) is 0 Å². The number of carbonyl (C=O) groups excluding carboxylic acids is 1. The van der Waals surface area contributed by atoms with Gasteiger partial charge in [0.2, 0.25) is 5.91 Å². The minimum absolute atomic E-state index is 0.0477. The van der Waals surface area contributed by atoms with E-state index in [2.05, 4.69) is 10.8 Å². The summed E-state index contributed by atoms with van der Waals surface area (Å²) < 4.78 is 0. The van der Waals surface area contributed by atoms with Crippen LogP contribution in [0.2, 0.25) is 0 Å². The highest BCUT2D eigenvalue weighted by Gasteiger charge is 2.37. The Bertz CT molecular complexity index is 160. The zero-order chi connectivity index (χ0) is 6.97. The van der Waals surface area contributed by atoms with Crippen LogP contribution in [-0.2, 0) is 9.63 Å². The molecule has 4 heteroatoms. The van der Waals surface area contributed by atoms with Crippen molar-refractivity contribution < 1.29 is 9.63 Å². The van der Waals surface area contributed by atoms with Crippen molar-refractivity contribution >= 4 is 5.91 Å². The molecule has 2 N–H and O–H groups in total. The van der Waals surface area contributed by atoms with E-state index in [4.69, 9.17) is 4.84 Å². The summed E-state index contributed by atoms with van der Waals surface area (Å²) in [5.41, 5.74) is 2.38. The molecule has 0 unspecified atom stereocenters. The van der Waals surface area contributed by atoms with Crippen molar-refractivity contribution in [3.05, 3.63) is 0 Å². The molecular weight excluding hydrogens is 132 g/mol. The summed E-state index contributed by atoms with van der Waals surface area (Å²) in [7, 11) is 0. The Labute approximate surface area is 58.9 Å².